The quantitative estimate of drug-likeness (QED) is 0.217. The second-order valence-corrected chi connectivity index (χ2v) is 10.7. The highest BCUT2D eigenvalue weighted by Crippen LogP contribution is 2.31. The first-order valence-electron chi connectivity index (χ1n) is 16.2. The molecule has 3 heteroatoms. The summed E-state index contributed by atoms with van der Waals surface area (Å²) in [6.45, 7) is 12.1. The van der Waals surface area contributed by atoms with Crippen LogP contribution in [0.3, 0.4) is 0 Å². The predicted molar refractivity (Wildman–Crippen MR) is 197 cm³/mol. The molecule has 0 aliphatic heterocycles. The zero-order chi connectivity index (χ0) is 31.9. The van der Waals surface area contributed by atoms with Crippen LogP contribution < -0.4 is 0 Å². The highest BCUT2D eigenvalue weighted by atomic mass is 16.3. The summed E-state index contributed by atoms with van der Waals surface area (Å²) in [5.74, 6) is 0.962. The highest BCUT2D eigenvalue weighted by molar-refractivity contribution is 6.08. The molecular formula is C42H44N2O. The molecule has 0 spiro atoms. The highest BCUT2D eigenvalue weighted by Gasteiger charge is 2.10. The lowest BCUT2D eigenvalue weighted by atomic mass is 10.0. The molecule has 0 amide bonds. The van der Waals surface area contributed by atoms with Gasteiger partial charge < -0.3 is 14.0 Å². The summed E-state index contributed by atoms with van der Waals surface area (Å²) in [6.07, 6.45) is 4.92. The van der Waals surface area contributed by atoms with E-state index in [2.05, 4.69) is 115 Å². The van der Waals surface area contributed by atoms with E-state index in [1.54, 1.807) is 0 Å². The Bertz CT molecular complexity index is 2220. The van der Waals surface area contributed by atoms with Crippen molar-refractivity contribution in [1.82, 2.24) is 9.55 Å². The van der Waals surface area contributed by atoms with Crippen molar-refractivity contribution in [2.45, 2.75) is 48.0 Å². The van der Waals surface area contributed by atoms with Crippen molar-refractivity contribution in [2.75, 3.05) is 0 Å². The first-order valence-corrected chi connectivity index (χ1v) is 16.2. The maximum atomic E-state index is 5.65. The first-order chi connectivity index (χ1) is 22.1. The molecule has 3 heterocycles. The Balaban J connectivity index is 0.000000198. The van der Waals surface area contributed by atoms with E-state index in [0.717, 1.165) is 17.8 Å². The van der Waals surface area contributed by atoms with E-state index < -0.39 is 0 Å². The molecule has 8 rings (SSSR count). The van der Waals surface area contributed by atoms with Crippen LogP contribution in [0.1, 0.15) is 57.1 Å². The predicted octanol–water partition coefficient (Wildman–Crippen LogP) is 12.4. The van der Waals surface area contributed by atoms with Crippen molar-refractivity contribution in [3.05, 3.63) is 138 Å². The van der Waals surface area contributed by atoms with Gasteiger partial charge in [-0.25, -0.2) is 0 Å². The topological polar surface area (TPSA) is 33.9 Å². The third-order valence-corrected chi connectivity index (χ3v) is 8.16. The van der Waals surface area contributed by atoms with Crippen LogP contribution in [-0.4, -0.2) is 9.55 Å². The van der Waals surface area contributed by atoms with Crippen LogP contribution in [0.2, 0.25) is 0 Å². The molecule has 0 aliphatic rings. The third kappa shape index (κ3) is 6.17. The fourth-order valence-corrected chi connectivity index (χ4v) is 6.06. The Morgan fingerprint density at radius 2 is 1.22 bits per heavy atom. The molecule has 0 saturated heterocycles. The summed E-state index contributed by atoms with van der Waals surface area (Å²) < 4.78 is 7.96. The Morgan fingerprint density at radius 3 is 1.98 bits per heavy atom. The van der Waals surface area contributed by atoms with Gasteiger partial charge in [0, 0.05) is 61.6 Å². The molecule has 228 valence electrons. The van der Waals surface area contributed by atoms with Crippen LogP contribution in [-0.2, 0) is 13.5 Å². The summed E-state index contributed by atoms with van der Waals surface area (Å²) in [6, 6.07) is 38.9. The number of nitrogens with one attached hydrogen (secondary N) is 1. The number of benzene rings is 5. The lowest BCUT2D eigenvalue weighted by Crippen LogP contribution is -1.91. The molecule has 8 aromatic rings. The van der Waals surface area contributed by atoms with E-state index in [-0.39, 0.29) is 0 Å². The Kier molecular flexibility index (Phi) is 9.89. The van der Waals surface area contributed by atoms with Crippen molar-refractivity contribution >= 4 is 60.7 Å². The van der Waals surface area contributed by atoms with Crippen LogP contribution >= 0.6 is 0 Å². The summed E-state index contributed by atoms with van der Waals surface area (Å²) in [4.78, 5) is 3.51. The van der Waals surface area contributed by atoms with Crippen LogP contribution in [0, 0.1) is 6.92 Å². The minimum Gasteiger partial charge on any atom is -0.456 e. The van der Waals surface area contributed by atoms with Gasteiger partial charge in [0.2, 0.25) is 0 Å². The standard InChI is InChI=1S/C26H20N2.C12H12O.2C2H6/c1-28-25-9-5-3-7-20(25)21-12-10-18(16-26(21)28)14-17-11-13-24-22(15-17)19-6-2-4-8-23(19)27-24;1-3-6-11-9(2)10-7-4-5-8-12(10)13-11;2*1-2/h2-13,15-16,27H,14H2,1H3;3-8H,1-2H3;2*1-2H3/b;6-3-;;. The molecule has 0 aliphatic carbocycles. The molecular weight excluding hydrogens is 548 g/mol. The normalized spacial score (nSPS) is 11.0. The number of hydrogen-bond donors (Lipinski definition) is 1. The van der Waals surface area contributed by atoms with Crippen molar-refractivity contribution in [1.29, 1.82) is 0 Å². The van der Waals surface area contributed by atoms with Gasteiger partial charge in [-0.3, -0.25) is 0 Å². The minimum atomic E-state index is 0.937. The van der Waals surface area contributed by atoms with Gasteiger partial charge in [-0.15, -0.1) is 0 Å². The van der Waals surface area contributed by atoms with E-state index in [1.807, 2.05) is 65.0 Å². The smallest absolute Gasteiger partial charge is 0.135 e. The van der Waals surface area contributed by atoms with E-state index in [4.69, 9.17) is 4.42 Å². The number of fused-ring (bicyclic) bond motifs is 7. The Labute approximate surface area is 266 Å². The maximum absolute atomic E-state index is 5.65. The summed E-state index contributed by atoms with van der Waals surface area (Å²) in [5, 5.41) is 6.46. The van der Waals surface area contributed by atoms with E-state index in [1.165, 1.54) is 65.7 Å². The van der Waals surface area contributed by atoms with Crippen molar-refractivity contribution in [3.8, 4) is 0 Å². The lowest BCUT2D eigenvalue weighted by molar-refractivity contribution is 0.601. The maximum Gasteiger partial charge on any atom is 0.135 e. The van der Waals surface area contributed by atoms with Gasteiger partial charge in [0.15, 0.2) is 0 Å². The number of H-pyrrole nitrogens is 1. The second kappa shape index (κ2) is 14.2. The molecule has 1 N–H and O–H groups in total. The van der Waals surface area contributed by atoms with Crippen LogP contribution in [0.4, 0.5) is 0 Å². The fraction of sp³-hybridized carbons (Fsp3) is 0.190. The summed E-state index contributed by atoms with van der Waals surface area (Å²) in [7, 11) is 2.16. The average Bonchev–Trinajstić information content (AvgIpc) is 3.72. The molecule has 5 aromatic carbocycles. The summed E-state index contributed by atoms with van der Waals surface area (Å²) in [5.41, 5.74) is 9.86. The third-order valence-electron chi connectivity index (χ3n) is 8.16. The van der Waals surface area contributed by atoms with Gasteiger partial charge >= 0.3 is 0 Å². The number of aromatic nitrogens is 2. The Hall–Kier alpha value is -5.02. The monoisotopic (exact) mass is 592 g/mol. The van der Waals surface area contributed by atoms with Gasteiger partial charge in [0.1, 0.15) is 11.3 Å². The molecule has 3 aromatic heterocycles. The zero-order valence-electron chi connectivity index (χ0n) is 27.6. The lowest BCUT2D eigenvalue weighted by Gasteiger charge is -2.05. The van der Waals surface area contributed by atoms with E-state index in [9.17, 15) is 0 Å². The zero-order valence-corrected chi connectivity index (χ0v) is 27.6. The first kappa shape index (κ1) is 31.4. The van der Waals surface area contributed by atoms with E-state index in [0.29, 0.717) is 0 Å². The molecule has 3 nitrogen and oxygen atoms in total. The van der Waals surface area contributed by atoms with Crippen molar-refractivity contribution < 1.29 is 4.42 Å². The van der Waals surface area contributed by atoms with Crippen LogP contribution in [0.5, 0.6) is 0 Å². The number of aryl methyl sites for hydroxylation is 2. The number of nitrogens with zero attached hydrogens (tertiary/aromatic N) is 1. The molecule has 45 heavy (non-hydrogen) atoms. The fourth-order valence-electron chi connectivity index (χ4n) is 6.06. The van der Waals surface area contributed by atoms with Crippen molar-refractivity contribution in [2.24, 2.45) is 7.05 Å². The molecule has 0 radical (unpaired) electrons. The SMILES string of the molecule is C/C=C\c1oc2ccccc2c1C.CC.CC.Cn1c2ccccc2c2ccc(Cc3ccc4[nH]c5ccccc5c4c3)cc21. The van der Waals surface area contributed by atoms with Crippen LogP contribution in [0.15, 0.2) is 120 Å². The summed E-state index contributed by atoms with van der Waals surface area (Å²) >= 11 is 0. The van der Waals surface area contributed by atoms with Crippen molar-refractivity contribution in [3.63, 3.8) is 0 Å². The second-order valence-electron chi connectivity index (χ2n) is 10.7. The molecule has 0 bridgehead atoms. The van der Waals surface area contributed by atoms with Crippen LogP contribution in [0.25, 0.3) is 60.7 Å². The van der Waals surface area contributed by atoms with Gasteiger partial charge in [0.05, 0.1) is 0 Å². The number of allylic oxidation sites excluding steroid dienone is 1. The molecule has 0 atom stereocenters. The number of rotatable bonds is 3. The van der Waals surface area contributed by atoms with Gasteiger partial charge in [-0.05, 0) is 73.9 Å². The minimum absolute atomic E-state index is 0.937. The average molecular weight is 593 g/mol. The molecule has 0 unspecified atom stereocenters. The number of hydrogen-bond acceptors (Lipinski definition) is 1. The van der Waals surface area contributed by atoms with Gasteiger partial charge in [-0.2, -0.15) is 0 Å². The number of furan rings is 1. The van der Waals surface area contributed by atoms with E-state index >= 15 is 0 Å². The number of para-hydroxylation sites is 3. The number of aromatic amines is 1. The van der Waals surface area contributed by atoms with Gasteiger partial charge in [0.25, 0.3) is 0 Å². The molecule has 0 fully saturated rings. The molecule has 0 saturated carbocycles. The van der Waals surface area contributed by atoms with Gasteiger partial charge in [-0.1, -0.05) is 107 Å². The Morgan fingerprint density at radius 1 is 0.622 bits per heavy atom. The largest absolute Gasteiger partial charge is 0.456 e.